The number of nitrogens with zero attached hydrogens (tertiary/aromatic N) is 2. The summed E-state index contributed by atoms with van der Waals surface area (Å²) < 4.78 is 5.18. The standard InChI is InChI=1S/C17H19N3O3/c1-23-13-5-7-14-11(9-13)4-6-15(19-14)17(22)20-8-2-3-12(10-20)16(18)21/h4-7,9,12H,2-3,8,10H2,1H3,(H2,18,21). The number of piperidine rings is 1. The summed E-state index contributed by atoms with van der Waals surface area (Å²) in [6.07, 6.45) is 1.52. The summed E-state index contributed by atoms with van der Waals surface area (Å²) in [4.78, 5) is 30.1. The first kappa shape index (κ1) is 15.3. The molecule has 1 aromatic heterocycles. The molecule has 3 rings (SSSR count). The largest absolute Gasteiger partial charge is 0.497 e. The number of likely N-dealkylation sites (tertiary alicyclic amines) is 1. The van der Waals surface area contributed by atoms with Crippen LogP contribution < -0.4 is 10.5 Å². The minimum Gasteiger partial charge on any atom is -0.497 e. The molecular formula is C17H19N3O3. The van der Waals surface area contributed by atoms with Gasteiger partial charge in [0.05, 0.1) is 18.5 Å². The monoisotopic (exact) mass is 313 g/mol. The van der Waals surface area contributed by atoms with Gasteiger partial charge in [-0.15, -0.1) is 0 Å². The Balaban J connectivity index is 1.84. The van der Waals surface area contributed by atoms with Gasteiger partial charge >= 0.3 is 0 Å². The highest BCUT2D eigenvalue weighted by Crippen LogP contribution is 2.22. The number of nitrogens with two attached hydrogens (primary N) is 1. The summed E-state index contributed by atoms with van der Waals surface area (Å²) in [7, 11) is 1.61. The molecule has 6 nitrogen and oxygen atoms in total. The van der Waals surface area contributed by atoms with Gasteiger partial charge in [0.25, 0.3) is 5.91 Å². The van der Waals surface area contributed by atoms with E-state index in [2.05, 4.69) is 4.98 Å². The molecule has 1 fully saturated rings. The lowest BCUT2D eigenvalue weighted by atomic mass is 9.97. The van der Waals surface area contributed by atoms with E-state index in [1.54, 1.807) is 18.1 Å². The Morgan fingerprint density at radius 1 is 1.30 bits per heavy atom. The molecule has 2 aromatic rings. The molecule has 0 radical (unpaired) electrons. The Hall–Kier alpha value is -2.63. The van der Waals surface area contributed by atoms with E-state index in [9.17, 15) is 9.59 Å². The zero-order chi connectivity index (χ0) is 16.4. The number of primary amides is 1. The first-order valence-electron chi connectivity index (χ1n) is 7.62. The SMILES string of the molecule is COc1ccc2nc(C(=O)N3CCCC(C(N)=O)C3)ccc2c1. The molecule has 0 spiro atoms. The summed E-state index contributed by atoms with van der Waals surface area (Å²) in [5, 5.41) is 0.912. The molecule has 6 heteroatoms. The van der Waals surface area contributed by atoms with Gasteiger partial charge in [-0.2, -0.15) is 0 Å². The minimum atomic E-state index is -0.346. The smallest absolute Gasteiger partial charge is 0.272 e. The van der Waals surface area contributed by atoms with Crippen LogP contribution in [0.4, 0.5) is 0 Å². The number of rotatable bonds is 3. The number of fused-ring (bicyclic) bond motifs is 1. The van der Waals surface area contributed by atoms with Crippen molar-refractivity contribution in [1.82, 2.24) is 9.88 Å². The molecule has 1 unspecified atom stereocenters. The fourth-order valence-electron chi connectivity index (χ4n) is 2.91. The predicted molar refractivity (Wildman–Crippen MR) is 86.1 cm³/mol. The van der Waals surface area contributed by atoms with Crippen LogP contribution in [0.5, 0.6) is 5.75 Å². The number of pyridine rings is 1. The lowest BCUT2D eigenvalue weighted by Gasteiger charge is -2.31. The summed E-state index contributed by atoms with van der Waals surface area (Å²) >= 11 is 0. The van der Waals surface area contributed by atoms with Gasteiger partial charge in [0.1, 0.15) is 11.4 Å². The Kier molecular flexibility index (Phi) is 4.14. The summed E-state index contributed by atoms with van der Waals surface area (Å²) in [5.41, 5.74) is 6.48. The topological polar surface area (TPSA) is 85.5 Å². The van der Waals surface area contributed by atoms with Gasteiger partial charge in [-0.05, 0) is 37.1 Å². The molecule has 2 amide bonds. The number of amides is 2. The molecule has 0 bridgehead atoms. The number of benzene rings is 1. The summed E-state index contributed by atoms with van der Waals surface area (Å²) in [5.74, 6) is -0.0224. The van der Waals surface area contributed by atoms with E-state index in [-0.39, 0.29) is 17.7 Å². The zero-order valence-corrected chi connectivity index (χ0v) is 13.0. The van der Waals surface area contributed by atoms with Crippen molar-refractivity contribution in [2.45, 2.75) is 12.8 Å². The van der Waals surface area contributed by atoms with Crippen LogP contribution in [-0.2, 0) is 4.79 Å². The van der Waals surface area contributed by atoms with Crippen molar-refractivity contribution in [3.8, 4) is 5.75 Å². The number of aromatic nitrogens is 1. The third kappa shape index (κ3) is 3.11. The van der Waals surface area contributed by atoms with Crippen molar-refractivity contribution >= 4 is 22.7 Å². The third-order valence-corrected chi connectivity index (χ3v) is 4.23. The van der Waals surface area contributed by atoms with Crippen molar-refractivity contribution in [2.24, 2.45) is 11.7 Å². The van der Waals surface area contributed by atoms with Crippen molar-refractivity contribution < 1.29 is 14.3 Å². The molecule has 1 aromatic carbocycles. The highest BCUT2D eigenvalue weighted by atomic mass is 16.5. The number of methoxy groups -OCH3 is 1. The Morgan fingerprint density at radius 2 is 2.13 bits per heavy atom. The Morgan fingerprint density at radius 3 is 2.87 bits per heavy atom. The van der Waals surface area contributed by atoms with E-state index in [1.807, 2.05) is 24.3 Å². The molecular weight excluding hydrogens is 294 g/mol. The van der Waals surface area contributed by atoms with Crippen LogP contribution in [0.25, 0.3) is 10.9 Å². The fourth-order valence-corrected chi connectivity index (χ4v) is 2.91. The number of hydrogen-bond acceptors (Lipinski definition) is 4. The molecule has 2 N–H and O–H groups in total. The molecule has 1 atom stereocenters. The first-order chi connectivity index (χ1) is 11.1. The molecule has 120 valence electrons. The predicted octanol–water partition coefficient (Wildman–Crippen LogP) is 1.58. The maximum Gasteiger partial charge on any atom is 0.272 e. The van der Waals surface area contributed by atoms with E-state index in [1.165, 1.54) is 0 Å². The van der Waals surface area contributed by atoms with Gasteiger partial charge in [0.2, 0.25) is 5.91 Å². The van der Waals surface area contributed by atoms with Crippen molar-refractivity contribution in [1.29, 1.82) is 0 Å². The van der Waals surface area contributed by atoms with Gasteiger partial charge in [0.15, 0.2) is 0 Å². The Bertz CT molecular complexity index is 760. The molecule has 0 aliphatic carbocycles. The van der Waals surface area contributed by atoms with Crippen molar-refractivity contribution in [3.05, 3.63) is 36.0 Å². The molecule has 1 aliphatic rings. The van der Waals surface area contributed by atoms with E-state index in [4.69, 9.17) is 10.5 Å². The van der Waals surface area contributed by atoms with Gasteiger partial charge < -0.3 is 15.4 Å². The second-order valence-electron chi connectivity index (χ2n) is 5.75. The first-order valence-corrected chi connectivity index (χ1v) is 7.62. The van der Waals surface area contributed by atoms with Crippen LogP contribution in [0, 0.1) is 5.92 Å². The van der Waals surface area contributed by atoms with E-state index in [0.717, 1.165) is 29.5 Å². The van der Waals surface area contributed by atoms with Crippen LogP contribution in [0.1, 0.15) is 23.3 Å². The maximum atomic E-state index is 12.6. The molecule has 1 saturated heterocycles. The number of hydrogen-bond donors (Lipinski definition) is 1. The van der Waals surface area contributed by atoms with Crippen LogP contribution in [0.15, 0.2) is 30.3 Å². The molecule has 0 saturated carbocycles. The van der Waals surface area contributed by atoms with E-state index in [0.29, 0.717) is 18.8 Å². The molecule has 2 heterocycles. The van der Waals surface area contributed by atoms with Crippen molar-refractivity contribution in [2.75, 3.05) is 20.2 Å². The second-order valence-corrected chi connectivity index (χ2v) is 5.75. The highest BCUT2D eigenvalue weighted by molar-refractivity contribution is 5.95. The van der Waals surface area contributed by atoms with Crippen LogP contribution in [0.2, 0.25) is 0 Å². The zero-order valence-electron chi connectivity index (χ0n) is 13.0. The number of carbonyl (C=O) groups excluding carboxylic acids is 2. The quantitative estimate of drug-likeness (QED) is 0.932. The molecule has 23 heavy (non-hydrogen) atoms. The van der Waals surface area contributed by atoms with Gasteiger partial charge in [-0.25, -0.2) is 4.98 Å². The van der Waals surface area contributed by atoms with Crippen LogP contribution >= 0.6 is 0 Å². The average molecular weight is 313 g/mol. The fraction of sp³-hybridized carbons (Fsp3) is 0.353. The van der Waals surface area contributed by atoms with Crippen LogP contribution in [0.3, 0.4) is 0 Å². The lowest BCUT2D eigenvalue weighted by Crippen LogP contribution is -2.44. The van der Waals surface area contributed by atoms with Crippen molar-refractivity contribution in [3.63, 3.8) is 0 Å². The maximum absolute atomic E-state index is 12.6. The molecule has 1 aliphatic heterocycles. The normalized spacial score (nSPS) is 18.0. The highest BCUT2D eigenvalue weighted by Gasteiger charge is 2.28. The van der Waals surface area contributed by atoms with Gasteiger partial charge in [-0.1, -0.05) is 6.07 Å². The van der Waals surface area contributed by atoms with Gasteiger partial charge in [-0.3, -0.25) is 9.59 Å². The number of ether oxygens (including phenoxy) is 1. The summed E-state index contributed by atoms with van der Waals surface area (Å²) in [6.45, 7) is 1.00. The Labute approximate surface area is 134 Å². The van der Waals surface area contributed by atoms with E-state index >= 15 is 0 Å². The third-order valence-electron chi connectivity index (χ3n) is 4.23. The minimum absolute atomic E-state index is 0.159. The van der Waals surface area contributed by atoms with Gasteiger partial charge in [0, 0.05) is 18.5 Å². The second kappa shape index (κ2) is 6.24. The number of carbonyl (C=O) groups is 2. The van der Waals surface area contributed by atoms with Crippen LogP contribution in [-0.4, -0.2) is 41.9 Å². The van der Waals surface area contributed by atoms with E-state index < -0.39 is 0 Å². The lowest BCUT2D eigenvalue weighted by molar-refractivity contribution is -0.123. The average Bonchev–Trinajstić information content (AvgIpc) is 2.60. The summed E-state index contributed by atoms with van der Waals surface area (Å²) in [6, 6.07) is 9.08.